The topological polar surface area (TPSA) is 82.3 Å². The van der Waals surface area contributed by atoms with E-state index in [-0.39, 0.29) is 0 Å². The van der Waals surface area contributed by atoms with E-state index in [9.17, 15) is 0 Å². The first-order chi connectivity index (χ1) is 11.7. The molecule has 24 heavy (non-hydrogen) atoms. The summed E-state index contributed by atoms with van der Waals surface area (Å²) in [6.07, 6.45) is 11.0. The Morgan fingerprint density at radius 2 is 2.21 bits per heavy atom. The molecule has 2 aromatic rings. The summed E-state index contributed by atoms with van der Waals surface area (Å²) in [5.41, 5.74) is 9.96. The van der Waals surface area contributed by atoms with Crippen LogP contribution in [0.5, 0.6) is 0 Å². The van der Waals surface area contributed by atoms with Gasteiger partial charge in [-0.25, -0.2) is 9.98 Å². The van der Waals surface area contributed by atoms with E-state index >= 15 is 0 Å². The summed E-state index contributed by atoms with van der Waals surface area (Å²) in [5.74, 6) is 0.591. The van der Waals surface area contributed by atoms with Gasteiger partial charge in [0.2, 0.25) is 0 Å². The Kier molecular flexibility index (Phi) is 4.84. The smallest absolute Gasteiger partial charge is 0.140 e. The normalized spacial score (nSPS) is 16.0. The third-order valence-corrected chi connectivity index (χ3v) is 4.33. The molecule has 0 spiro atoms. The minimum atomic E-state index is 0.591. The lowest BCUT2D eigenvalue weighted by atomic mass is 10.1. The third kappa shape index (κ3) is 3.27. The van der Waals surface area contributed by atoms with E-state index in [2.05, 4.69) is 37.8 Å². The van der Waals surface area contributed by atoms with Crippen molar-refractivity contribution in [3.63, 3.8) is 0 Å². The van der Waals surface area contributed by atoms with Crippen molar-refractivity contribution in [3.8, 4) is 0 Å². The fourth-order valence-corrected chi connectivity index (χ4v) is 3.03. The lowest BCUT2D eigenvalue weighted by Gasteiger charge is -2.29. The Hall–Kier alpha value is -2.76. The molecule has 0 radical (unpaired) electrons. The van der Waals surface area contributed by atoms with Crippen molar-refractivity contribution >= 4 is 28.6 Å². The van der Waals surface area contributed by atoms with Crippen LogP contribution < -0.4 is 16.0 Å². The Balaban J connectivity index is 1.98. The van der Waals surface area contributed by atoms with E-state index in [0.29, 0.717) is 11.5 Å². The second kappa shape index (κ2) is 7.21. The maximum Gasteiger partial charge on any atom is 0.140 e. The highest BCUT2D eigenvalue weighted by Gasteiger charge is 2.17. The molecule has 0 amide bonds. The number of allylic oxidation sites excluding steroid dienone is 1. The van der Waals surface area contributed by atoms with Gasteiger partial charge in [-0.05, 0) is 31.4 Å². The number of nitrogens with one attached hydrogen (secondary N) is 2. The van der Waals surface area contributed by atoms with Crippen molar-refractivity contribution in [2.75, 3.05) is 25.0 Å². The predicted molar refractivity (Wildman–Crippen MR) is 101 cm³/mol. The van der Waals surface area contributed by atoms with Gasteiger partial charge in [0.05, 0.1) is 5.39 Å². The number of pyridine rings is 1. The maximum atomic E-state index is 6.29. The Bertz CT molecular complexity index is 780. The largest absolute Gasteiger partial charge is 0.398 e. The number of aromatic nitrogens is 2. The number of nitrogens with two attached hydrogens (primary N) is 1. The van der Waals surface area contributed by atoms with Gasteiger partial charge in [-0.1, -0.05) is 6.58 Å². The highest BCUT2D eigenvalue weighted by molar-refractivity contribution is 6.01. The van der Waals surface area contributed by atoms with Crippen LogP contribution in [-0.4, -0.2) is 36.3 Å². The molecular weight excluding hydrogens is 300 g/mol. The summed E-state index contributed by atoms with van der Waals surface area (Å²) >= 11 is 0. The van der Waals surface area contributed by atoms with Gasteiger partial charge in [0.15, 0.2) is 0 Å². The van der Waals surface area contributed by atoms with E-state index < -0.39 is 0 Å². The van der Waals surface area contributed by atoms with Crippen LogP contribution in [0.3, 0.4) is 0 Å². The molecule has 0 saturated carbocycles. The molecule has 6 nitrogen and oxygen atoms in total. The van der Waals surface area contributed by atoms with Gasteiger partial charge in [-0.15, -0.1) is 0 Å². The molecule has 1 saturated heterocycles. The van der Waals surface area contributed by atoms with Gasteiger partial charge < -0.3 is 20.9 Å². The van der Waals surface area contributed by atoms with Crippen LogP contribution in [0.4, 0.5) is 5.69 Å². The van der Waals surface area contributed by atoms with Crippen LogP contribution in [0.15, 0.2) is 41.9 Å². The molecule has 3 heterocycles. The first kappa shape index (κ1) is 16.1. The van der Waals surface area contributed by atoms with Gasteiger partial charge in [0.25, 0.3) is 0 Å². The Labute approximate surface area is 142 Å². The molecule has 126 valence electrons. The summed E-state index contributed by atoms with van der Waals surface area (Å²) in [6.45, 7) is 5.92. The molecule has 0 aromatic carbocycles. The summed E-state index contributed by atoms with van der Waals surface area (Å²) < 4.78 is 0. The van der Waals surface area contributed by atoms with Crippen molar-refractivity contribution < 1.29 is 0 Å². The average Bonchev–Trinajstić information content (AvgIpc) is 3.06. The fourth-order valence-electron chi connectivity index (χ4n) is 3.03. The maximum absolute atomic E-state index is 6.29. The molecular formula is C18H24N6. The van der Waals surface area contributed by atoms with Crippen molar-refractivity contribution in [1.29, 1.82) is 0 Å². The van der Waals surface area contributed by atoms with Crippen LogP contribution in [0, 0.1) is 0 Å². The van der Waals surface area contributed by atoms with E-state index in [1.807, 2.05) is 12.4 Å². The number of H-pyrrole nitrogens is 1. The number of aliphatic imine (C=N–C) groups is 1. The number of fused-ring (bicyclic) bond motifs is 1. The first-order valence-electron chi connectivity index (χ1n) is 8.28. The number of nitrogens with zero attached hydrogens (tertiary/aromatic N) is 3. The molecule has 2 aromatic heterocycles. The Morgan fingerprint density at radius 3 is 2.96 bits per heavy atom. The van der Waals surface area contributed by atoms with E-state index in [0.717, 1.165) is 29.7 Å². The highest BCUT2D eigenvalue weighted by atomic mass is 15.1. The van der Waals surface area contributed by atoms with Crippen LogP contribution in [-0.2, 0) is 0 Å². The lowest BCUT2D eigenvalue weighted by Crippen LogP contribution is -2.29. The van der Waals surface area contributed by atoms with Crippen LogP contribution in [0.25, 0.3) is 16.7 Å². The zero-order chi connectivity index (χ0) is 16.9. The van der Waals surface area contributed by atoms with Crippen molar-refractivity contribution in [2.24, 2.45) is 10.7 Å². The number of hydrogen-bond acceptors (Lipinski definition) is 5. The number of hydrogen-bond donors (Lipinski definition) is 3. The van der Waals surface area contributed by atoms with E-state index in [1.54, 1.807) is 19.3 Å². The zero-order valence-corrected chi connectivity index (χ0v) is 14.0. The fraction of sp³-hybridized carbons (Fsp3) is 0.333. The van der Waals surface area contributed by atoms with Crippen molar-refractivity contribution in [2.45, 2.75) is 19.3 Å². The number of piperidine rings is 1. The molecule has 0 bridgehead atoms. The SMILES string of the molecule is C=C(/N=C\C=C(/N)c1c[nH]c2nccc(N3CCCCC3)c12)NC. The number of anilines is 1. The lowest BCUT2D eigenvalue weighted by molar-refractivity contribution is 0.579. The van der Waals surface area contributed by atoms with Crippen molar-refractivity contribution in [1.82, 2.24) is 15.3 Å². The Morgan fingerprint density at radius 1 is 1.42 bits per heavy atom. The summed E-state index contributed by atoms with van der Waals surface area (Å²) in [4.78, 5) is 14.3. The predicted octanol–water partition coefficient (Wildman–Crippen LogP) is 2.61. The van der Waals surface area contributed by atoms with Crippen LogP contribution >= 0.6 is 0 Å². The van der Waals surface area contributed by atoms with E-state index in [1.165, 1.54) is 24.9 Å². The highest BCUT2D eigenvalue weighted by Crippen LogP contribution is 2.32. The summed E-state index contributed by atoms with van der Waals surface area (Å²) in [6, 6.07) is 2.08. The molecule has 4 N–H and O–H groups in total. The van der Waals surface area contributed by atoms with Crippen molar-refractivity contribution in [3.05, 3.63) is 42.5 Å². The molecule has 1 aliphatic heterocycles. The number of rotatable bonds is 5. The van der Waals surface area contributed by atoms with Crippen LogP contribution in [0.2, 0.25) is 0 Å². The second-order valence-corrected chi connectivity index (χ2v) is 5.90. The second-order valence-electron chi connectivity index (χ2n) is 5.90. The quantitative estimate of drug-likeness (QED) is 0.738. The molecule has 0 unspecified atom stereocenters. The van der Waals surface area contributed by atoms with E-state index in [4.69, 9.17) is 5.73 Å². The minimum absolute atomic E-state index is 0.591. The van der Waals surface area contributed by atoms with Gasteiger partial charge in [0, 0.05) is 55.7 Å². The molecule has 6 heteroatoms. The standard InChI is InChI=1S/C18H24N6/c1-13(20-2)21-8-6-15(19)14-12-23-18-17(14)16(7-9-22-18)24-10-4-3-5-11-24/h6-9,12,20H,1,3-5,10-11,19H2,2H3,(H,22,23)/b15-6-,21-8-. The zero-order valence-electron chi connectivity index (χ0n) is 14.0. The molecule has 1 aliphatic rings. The van der Waals surface area contributed by atoms with Gasteiger partial charge >= 0.3 is 0 Å². The molecule has 0 aliphatic carbocycles. The van der Waals surface area contributed by atoms with Crippen LogP contribution in [0.1, 0.15) is 24.8 Å². The minimum Gasteiger partial charge on any atom is -0.398 e. The monoisotopic (exact) mass is 324 g/mol. The van der Waals surface area contributed by atoms with Gasteiger partial charge in [0.1, 0.15) is 11.5 Å². The summed E-state index contributed by atoms with van der Waals surface area (Å²) in [7, 11) is 1.78. The number of aromatic amines is 1. The van der Waals surface area contributed by atoms with Gasteiger partial charge in [-0.3, -0.25) is 0 Å². The molecule has 1 fully saturated rings. The molecule has 3 rings (SSSR count). The first-order valence-corrected chi connectivity index (χ1v) is 8.28. The van der Waals surface area contributed by atoms with Gasteiger partial charge in [-0.2, -0.15) is 0 Å². The average molecular weight is 324 g/mol. The summed E-state index contributed by atoms with van der Waals surface area (Å²) in [5, 5.41) is 3.95. The third-order valence-electron chi connectivity index (χ3n) is 4.33. The molecule has 0 atom stereocenters.